The van der Waals surface area contributed by atoms with Crippen LogP contribution in [0.1, 0.15) is 22.6 Å². The molecule has 0 bridgehead atoms. The lowest BCUT2D eigenvalue weighted by molar-refractivity contribution is -0.138. The number of carbonyl (C=O) groups excluding carboxylic acids is 1. The van der Waals surface area contributed by atoms with Gasteiger partial charge in [-0.15, -0.1) is 12.4 Å². The molecule has 0 unspecified atom stereocenters. The molecule has 1 amide bonds. The average Bonchev–Trinajstić information content (AvgIpc) is 3.22. The van der Waals surface area contributed by atoms with E-state index in [-0.39, 0.29) is 48.7 Å². The second-order valence-electron chi connectivity index (χ2n) is 6.51. The van der Waals surface area contributed by atoms with Gasteiger partial charge in [-0.3, -0.25) is 9.48 Å². The molecule has 0 spiro atoms. The fourth-order valence-corrected chi connectivity index (χ4v) is 3.40. The average molecular weight is 403 g/mol. The summed E-state index contributed by atoms with van der Waals surface area (Å²) in [5, 5.41) is 10.1. The van der Waals surface area contributed by atoms with Crippen molar-refractivity contribution in [2.75, 3.05) is 19.6 Å². The zero-order valence-electron chi connectivity index (χ0n) is 14.8. The van der Waals surface area contributed by atoms with Crippen molar-refractivity contribution in [2.45, 2.75) is 18.5 Å². The third kappa shape index (κ3) is 5.01. The van der Waals surface area contributed by atoms with E-state index in [4.69, 9.17) is 0 Å². The van der Waals surface area contributed by atoms with Crippen LogP contribution in [0.25, 0.3) is 0 Å². The van der Waals surface area contributed by atoms with E-state index >= 15 is 0 Å². The van der Waals surface area contributed by atoms with Gasteiger partial charge in [0, 0.05) is 38.8 Å². The van der Waals surface area contributed by atoms with Gasteiger partial charge < -0.3 is 10.6 Å². The molecular weight excluding hydrogens is 381 g/mol. The van der Waals surface area contributed by atoms with E-state index in [9.17, 15) is 18.0 Å². The Morgan fingerprint density at radius 1 is 1.33 bits per heavy atom. The van der Waals surface area contributed by atoms with E-state index in [2.05, 4.69) is 15.7 Å². The molecule has 9 heteroatoms. The molecule has 2 atom stereocenters. The molecule has 0 aliphatic carbocycles. The largest absolute Gasteiger partial charge is 0.416 e. The summed E-state index contributed by atoms with van der Waals surface area (Å²) in [5.74, 6) is -0.378. The summed E-state index contributed by atoms with van der Waals surface area (Å²) in [7, 11) is 1.82. The fourth-order valence-electron chi connectivity index (χ4n) is 3.40. The maximum Gasteiger partial charge on any atom is 0.416 e. The van der Waals surface area contributed by atoms with Gasteiger partial charge >= 0.3 is 6.18 Å². The molecule has 2 N–H and O–H groups in total. The molecule has 0 saturated carbocycles. The summed E-state index contributed by atoms with van der Waals surface area (Å²) < 4.78 is 40.7. The molecule has 1 saturated heterocycles. The maximum atomic E-state index is 13.0. The Hall–Kier alpha value is -2.06. The van der Waals surface area contributed by atoms with Crippen LogP contribution in [-0.2, 0) is 24.4 Å². The molecule has 3 rings (SSSR count). The predicted octanol–water partition coefficient (Wildman–Crippen LogP) is 2.52. The standard InChI is InChI=1S/C18H21F3N4O.ClH/c1-25-11-13(8-24-25)14-9-22-10-15(14)17(26)23-7-6-12-4-2-3-5-16(12)18(19,20)21;/h2-5,8,11,14-15,22H,6-7,9-10H2,1H3,(H,23,26);1H/t14-,15+;/m1./s1. The topological polar surface area (TPSA) is 59.0 Å². The monoisotopic (exact) mass is 402 g/mol. The molecule has 1 fully saturated rings. The summed E-state index contributed by atoms with van der Waals surface area (Å²) in [6.45, 7) is 1.40. The highest BCUT2D eigenvalue weighted by atomic mass is 35.5. The van der Waals surface area contributed by atoms with Gasteiger partial charge in [0.1, 0.15) is 0 Å². The number of benzene rings is 1. The number of nitrogens with zero attached hydrogens (tertiary/aromatic N) is 2. The summed E-state index contributed by atoms with van der Waals surface area (Å²) >= 11 is 0. The first kappa shape index (κ1) is 21.2. The van der Waals surface area contributed by atoms with Gasteiger partial charge in [0.25, 0.3) is 0 Å². The normalized spacial score (nSPS) is 19.6. The fraction of sp³-hybridized carbons (Fsp3) is 0.444. The predicted molar refractivity (Wildman–Crippen MR) is 97.7 cm³/mol. The van der Waals surface area contributed by atoms with Gasteiger partial charge in [-0.1, -0.05) is 18.2 Å². The van der Waals surface area contributed by atoms with Crippen LogP contribution in [0.5, 0.6) is 0 Å². The summed E-state index contributed by atoms with van der Waals surface area (Å²) in [4.78, 5) is 12.5. The number of alkyl halides is 3. The number of halogens is 4. The minimum absolute atomic E-state index is 0. The van der Waals surface area contributed by atoms with E-state index in [0.717, 1.165) is 11.6 Å². The van der Waals surface area contributed by atoms with Crippen LogP contribution in [-0.4, -0.2) is 35.3 Å². The Labute approximate surface area is 161 Å². The van der Waals surface area contributed by atoms with Crippen molar-refractivity contribution < 1.29 is 18.0 Å². The highest BCUT2D eigenvalue weighted by Gasteiger charge is 2.35. The van der Waals surface area contributed by atoms with E-state index in [0.29, 0.717) is 13.1 Å². The van der Waals surface area contributed by atoms with Crippen molar-refractivity contribution in [3.05, 3.63) is 53.3 Å². The third-order valence-electron chi connectivity index (χ3n) is 4.72. The molecule has 148 valence electrons. The van der Waals surface area contributed by atoms with Crippen molar-refractivity contribution in [2.24, 2.45) is 13.0 Å². The minimum atomic E-state index is -4.39. The molecule has 1 aliphatic rings. The summed E-state index contributed by atoms with van der Waals surface area (Å²) in [5.41, 5.74) is 0.527. The van der Waals surface area contributed by atoms with Gasteiger partial charge in [0.05, 0.1) is 17.7 Å². The number of rotatable bonds is 5. The molecule has 5 nitrogen and oxygen atoms in total. The molecule has 2 aromatic rings. The molecule has 1 aromatic carbocycles. The second-order valence-corrected chi connectivity index (χ2v) is 6.51. The number of hydrogen-bond acceptors (Lipinski definition) is 3. The zero-order chi connectivity index (χ0) is 18.7. The molecule has 1 aliphatic heterocycles. The quantitative estimate of drug-likeness (QED) is 0.808. The molecule has 1 aromatic heterocycles. The van der Waals surface area contributed by atoms with Crippen LogP contribution >= 0.6 is 12.4 Å². The lowest BCUT2D eigenvalue weighted by Crippen LogP contribution is -2.35. The Morgan fingerprint density at radius 2 is 2.07 bits per heavy atom. The Balaban J connectivity index is 0.00000261. The second kappa shape index (κ2) is 8.75. The number of aromatic nitrogens is 2. The first-order chi connectivity index (χ1) is 12.4. The highest BCUT2D eigenvalue weighted by molar-refractivity contribution is 5.85. The van der Waals surface area contributed by atoms with E-state index in [1.54, 1.807) is 16.9 Å². The Morgan fingerprint density at radius 3 is 2.74 bits per heavy atom. The van der Waals surface area contributed by atoms with E-state index in [1.807, 2.05) is 13.2 Å². The number of carbonyl (C=O) groups is 1. The van der Waals surface area contributed by atoms with Crippen molar-refractivity contribution in [3.63, 3.8) is 0 Å². The van der Waals surface area contributed by atoms with Gasteiger partial charge in [0.2, 0.25) is 5.91 Å². The smallest absolute Gasteiger partial charge is 0.355 e. The van der Waals surface area contributed by atoms with Crippen LogP contribution in [0, 0.1) is 5.92 Å². The van der Waals surface area contributed by atoms with Gasteiger partial charge in [0.15, 0.2) is 0 Å². The Bertz CT molecular complexity index is 778. The van der Waals surface area contributed by atoms with Crippen LogP contribution in [0.3, 0.4) is 0 Å². The minimum Gasteiger partial charge on any atom is -0.355 e. The van der Waals surface area contributed by atoms with Crippen molar-refractivity contribution in [3.8, 4) is 0 Å². The lowest BCUT2D eigenvalue weighted by atomic mass is 9.90. The van der Waals surface area contributed by atoms with Gasteiger partial charge in [-0.25, -0.2) is 0 Å². The first-order valence-electron chi connectivity index (χ1n) is 8.48. The van der Waals surface area contributed by atoms with E-state index < -0.39 is 11.7 Å². The summed E-state index contributed by atoms with van der Waals surface area (Å²) in [6.07, 6.45) is -0.616. The molecule has 27 heavy (non-hydrogen) atoms. The first-order valence-corrected chi connectivity index (χ1v) is 8.48. The third-order valence-corrected chi connectivity index (χ3v) is 4.72. The highest BCUT2D eigenvalue weighted by Crippen LogP contribution is 2.32. The number of aryl methyl sites for hydroxylation is 1. The molecular formula is C18H22ClF3N4O. The van der Waals surface area contributed by atoms with Crippen LogP contribution in [0.2, 0.25) is 0 Å². The number of hydrogen-bond donors (Lipinski definition) is 2. The van der Waals surface area contributed by atoms with E-state index in [1.165, 1.54) is 12.1 Å². The number of amides is 1. The molecule has 0 radical (unpaired) electrons. The van der Waals surface area contributed by atoms with Gasteiger partial charge in [-0.2, -0.15) is 18.3 Å². The number of nitrogens with one attached hydrogen (secondary N) is 2. The van der Waals surface area contributed by atoms with Crippen molar-refractivity contribution in [1.29, 1.82) is 0 Å². The van der Waals surface area contributed by atoms with Crippen LogP contribution in [0.15, 0.2) is 36.7 Å². The zero-order valence-corrected chi connectivity index (χ0v) is 15.6. The lowest BCUT2D eigenvalue weighted by Gasteiger charge is -2.17. The SMILES string of the molecule is Cl.Cn1cc([C@H]2CNC[C@@H]2C(=O)NCCc2ccccc2C(F)(F)F)cn1. The van der Waals surface area contributed by atoms with Crippen molar-refractivity contribution >= 4 is 18.3 Å². The van der Waals surface area contributed by atoms with Gasteiger partial charge in [-0.05, 0) is 23.6 Å². The van der Waals surface area contributed by atoms with Crippen molar-refractivity contribution in [1.82, 2.24) is 20.4 Å². The van der Waals surface area contributed by atoms with Crippen LogP contribution in [0.4, 0.5) is 13.2 Å². The Kier molecular flexibility index (Phi) is 6.89. The summed E-state index contributed by atoms with van der Waals surface area (Å²) in [6, 6.07) is 5.46. The molecule has 2 heterocycles. The van der Waals surface area contributed by atoms with Crippen LogP contribution < -0.4 is 10.6 Å². The maximum absolute atomic E-state index is 13.0.